The molecule has 1 atom stereocenters. The Morgan fingerprint density at radius 3 is 2.77 bits per heavy atom. The lowest BCUT2D eigenvalue weighted by Gasteiger charge is -2.20. The highest BCUT2D eigenvalue weighted by molar-refractivity contribution is 7.89. The molecule has 4 rings (SSSR count). The van der Waals surface area contributed by atoms with Crippen LogP contribution in [0.4, 0.5) is 0 Å². The fraction of sp³-hybridized carbons (Fsp3) is 0.500. The Morgan fingerprint density at radius 1 is 1.19 bits per heavy atom. The van der Waals surface area contributed by atoms with Crippen molar-refractivity contribution < 1.29 is 17.9 Å². The summed E-state index contributed by atoms with van der Waals surface area (Å²) in [5.41, 5.74) is -0.171. The third-order valence-corrected chi connectivity index (χ3v) is 6.17. The van der Waals surface area contributed by atoms with Crippen LogP contribution in [0.25, 0.3) is 0 Å². The van der Waals surface area contributed by atoms with Crippen LogP contribution in [-0.4, -0.2) is 42.0 Å². The maximum Gasteiger partial charge on any atom is 0.345 e. The molecule has 0 spiro atoms. The molecule has 140 valence electrons. The van der Waals surface area contributed by atoms with Gasteiger partial charge in [-0.2, -0.15) is 5.10 Å². The van der Waals surface area contributed by atoms with Gasteiger partial charge in [-0.15, -0.1) is 0 Å². The zero-order valence-corrected chi connectivity index (χ0v) is 15.2. The second kappa shape index (κ2) is 6.44. The van der Waals surface area contributed by atoms with Crippen molar-refractivity contribution in [2.75, 3.05) is 13.2 Å². The quantitative estimate of drug-likeness (QED) is 0.806. The molecular formula is C16H20N4O5S. The fourth-order valence-electron chi connectivity index (χ4n) is 3.29. The smallest absolute Gasteiger partial charge is 0.345 e. The largest absolute Gasteiger partial charge is 0.486 e. The second-order valence-corrected chi connectivity index (χ2v) is 8.14. The van der Waals surface area contributed by atoms with Crippen LogP contribution in [0.3, 0.4) is 0 Å². The van der Waals surface area contributed by atoms with Gasteiger partial charge in [-0.25, -0.2) is 22.6 Å². The van der Waals surface area contributed by atoms with Crippen LogP contribution in [0.1, 0.15) is 18.7 Å². The third kappa shape index (κ3) is 3.10. The van der Waals surface area contributed by atoms with Gasteiger partial charge in [0, 0.05) is 32.1 Å². The van der Waals surface area contributed by atoms with E-state index in [2.05, 4.69) is 9.82 Å². The summed E-state index contributed by atoms with van der Waals surface area (Å²) in [6.45, 7) is 1.29. The van der Waals surface area contributed by atoms with Gasteiger partial charge >= 0.3 is 5.69 Å². The van der Waals surface area contributed by atoms with Gasteiger partial charge in [-0.3, -0.25) is 4.57 Å². The summed E-state index contributed by atoms with van der Waals surface area (Å²) in [5, 5.41) is 4.21. The first-order valence-electron chi connectivity index (χ1n) is 8.49. The molecule has 0 saturated carbocycles. The zero-order valence-electron chi connectivity index (χ0n) is 14.3. The number of hydrogen-bond acceptors (Lipinski definition) is 6. The van der Waals surface area contributed by atoms with Crippen LogP contribution in [0.2, 0.25) is 0 Å². The Balaban J connectivity index is 1.51. The lowest BCUT2D eigenvalue weighted by atomic mass is 10.1. The SMILES string of the molecule is Cn1nc2n(c1=O)CCC(NS(=O)(=O)c1ccc3c(c1)OCCO3)CC2. The van der Waals surface area contributed by atoms with Gasteiger partial charge in [0.2, 0.25) is 10.0 Å². The number of benzene rings is 1. The number of nitrogens with one attached hydrogen (secondary N) is 1. The number of nitrogens with zero attached hydrogens (tertiary/aromatic N) is 3. The van der Waals surface area contributed by atoms with E-state index in [9.17, 15) is 13.2 Å². The van der Waals surface area contributed by atoms with Crippen molar-refractivity contribution in [1.82, 2.24) is 19.1 Å². The van der Waals surface area contributed by atoms with Gasteiger partial charge in [-0.05, 0) is 25.0 Å². The summed E-state index contributed by atoms with van der Waals surface area (Å²) in [4.78, 5) is 12.2. The van der Waals surface area contributed by atoms with E-state index in [0.717, 1.165) is 0 Å². The van der Waals surface area contributed by atoms with Crippen molar-refractivity contribution in [3.63, 3.8) is 0 Å². The number of hydrogen-bond donors (Lipinski definition) is 1. The summed E-state index contributed by atoms with van der Waals surface area (Å²) >= 11 is 0. The van der Waals surface area contributed by atoms with Gasteiger partial charge in [-0.1, -0.05) is 0 Å². The van der Waals surface area contributed by atoms with Gasteiger partial charge in [0.05, 0.1) is 4.90 Å². The molecule has 1 unspecified atom stereocenters. The topological polar surface area (TPSA) is 104 Å². The number of rotatable bonds is 3. The lowest BCUT2D eigenvalue weighted by molar-refractivity contribution is 0.171. The van der Waals surface area contributed by atoms with Crippen molar-refractivity contribution in [2.24, 2.45) is 7.05 Å². The van der Waals surface area contributed by atoms with E-state index in [0.29, 0.717) is 56.3 Å². The molecule has 0 saturated heterocycles. The Kier molecular flexibility index (Phi) is 4.23. The van der Waals surface area contributed by atoms with E-state index in [4.69, 9.17) is 9.47 Å². The predicted molar refractivity (Wildman–Crippen MR) is 91.9 cm³/mol. The number of aryl methyl sites for hydroxylation is 2. The van der Waals surface area contributed by atoms with E-state index < -0.39 is 10.0 Å². The van der Waals surface area contributed by atoms with E-state index in [-0.39, 0.29) is 16.6 Å². The van der Waals surface area contributed by atoms with Crippen molar-refractivity contribution in [3.8, 4) is 11.5 Å². The molecule has 0 bridgehead atoms. The minimum atomic E-state index is -3.70. The minimum Gasteiger partial charge on any atom is -0.486 e. The molecule has 9 nitrogen and oxygen atoms in total. The minimum absolute atomic E-state index is 0.139. The zero-order chi connectivity index (χ0) is 18.3. The van der Waals surface area contributed by atoms with Crippen LogP contribution in [0, 0.1) is 0 Å². The highest BCUT2D eigenvalue weighted by atomic mass is 32.2. The monoisotopic (exact) mass is 380 g/mol. The van der Waals surface area contributed by atoms with Gasteiger partial charge in [0.25, 0.3) is 0 Å². The van der Waals surface area contributed by atoms with Crippen molar-refractivity contribution in [2.45, 2.75) is 36.7 Å². The first kappa shape index (κ1) is 17.1. The van der Waals surface area contributed by atoms with Crippen LogP contribution in [0.5, 0.6) is 11.5 Å². The van der Waals surface area contributed by atoms with Crippen LogP contribution in [0.15, 0.2) is 27.9 Å². The van der Waals surface area contributed by atoms with E-state index in [1.165, 1.54) is 16.8 Å². The Hall–Kier alpha value is -2.33. The van der Waals surface area contributed by atoms with E-state index in [1.54, 1.807) is 17.7 Å². The predicted octanol–water partition coefficient (Wildman–Crippen LogP) is 0.0364. The van der Waals surface area contributed by atoms with Gasteiger partial charge < -0.3 is 9.47 Å². The van der Waals surface area contributed by atoms with Crippen LogP contribution >= 0.6 is 0 Å². The van der Waals surface area contributed by atoms with Crippen molar-refractivity contribution in [3.05, 3.63) is 34.5 Å². The highest BCUT2D eigenvalue weighted by Gasteiger charge is 2.26. The molecule has 2 aliphatic rings. The Labute approximate surface area is 150 Å². The third-order valence-electron chi connectivity index (χ3n) is 4.65. The maximum atomic E-state index is 12.7. The molecule has 1 aromatic heterocycles. The molecule has 0 radical (unpaired) electrons. The highest BCUT2D eigenvalue weighted by Crippen LogP contribution is 2.32. The van der Waals surface area contributed by atoms with Crippen molar-refractivity contribution in [1.29, 1.82) is 0 Å². The lowest BCUT2D eigenvalue weighted by Crippen LogP contribution is -2.35. The number of aromatic nitrogens is 3. The maximum absolute atomic E-state index is 12.7. The van der Waals surface area contributed by atoms with Crippen LogP contribution < -0.4 is 19.9 Å². The molecule has 26 heavy (non-hydrogen) atoms. The molecule has 1 aromatic carbocycles. The molecule has 10 heteroatoms. The average molecular weight is 380 g/mol. The molecule has 0 fully saturated rings. The second-order valence-electron chi connectivity index (χ2n) is 6.43. The first-order valence-corrected chi connectivity index (χ1v) is 9.97. The standard InChI is InChI=1S/C16H20N4O5S/c1-19-16(21)20-7-6-11(2-5-15(20)17-19)18-26(22,23)12-3-4-13-14(10-12)25-9-8-24-13/h3-4,10-11,18H,2,5-9H2,1H3. The van der Waals surface area contributed by atoms with E-state index in [1.807, 2.05) is 0 Å². The summed E-state index contributed by atoms with van der Waals surface area (Å²) in [5.74, 6) is 1.67. The molecule has 3 heterocycles. The average Bonchev–Trinajstić information content (AvgIpc) is 2.78. The number of fused-ring (bicyclic) bond motifs is 2. The van der Waals surface area contributed by atoms with Gasteiger partial charge in [0.1, 0.15) is 19.0 Å². The van der Waals surface area contributed by atoms with Crippen LogP contribution in [-0.2, 0) is 30.0 Å². The Morgan fingerprint density at radius 2 is 1.96 bits per heavy atom. The summed E-state index contributed by atoms with van der Waals surface area (Å²) in [7, 11) is -2.08. The molecule has 2 aliphatic heterocycles. The summed E-state index contributed by atoms with van der Waals surface area (Å²) in [6.07, 6.45) is 1.66. The molecule has 2 aromatic rings. The summed E-state index contributed by atoms with van der Waals surface area (Å²) < 4.78 is 42.0. The number of sulfonamides is 1. The first-order chi connectivity index (χ1) is 12.4. The summed E-state index contributed by atoms with van der Waals surface area (Å²) in [6, 6.07) is 4.33. The fourth-order valence-corrected chi connectivity index (χ4v) is 4.61. The molecule has 0 amide bonds. The van der Waals surface area contributed by atoms with Crippen molar-refractivity contribution >= 4 is 10.0 Å². The van der Waals surface area contributed by atoms with E-state index >= 15 is 0 Å². The molecule has 0 aliphatic carbocycles. The molecule has 1 N–H and O–H groups in total. The Bertz CT molecular complexity index is 995. The molecular weight excluding hydrogens is 360 g/mol. The van der Waals surface area contributed by atoms with Gasteiger partial charge in [0.15, 0.2) is 11.5 Å². The normalized spacial score (nSPS) is 19.7. The number of ether oxygens (including phenoxy) is 2.